The molecule has 0 aromatic heterocycles. The lowest BCUT2D eigenvalue weighted by Crippen LogP contribution is -2.23. The molecule has 0 heterocycles. The summed E-state index contributed by atoms with van der Waals surface area (Å²) in [5.41, 5.74) is 2.54. The van der Waals surface area contributed by atoms with Crippen LogP contribution in [0.25, 0.3) is 0 Å². The maximum absolute atomic E-state index is 12.2. The normalized spacial score (nSPS) is 12.4. The molecule has 0 unspecified atom stereocenters. The molecular weight excluding hydrogens is 332 g/mol. The molecule has 0 aliphatic heterocycles. The Morgan fingerprint density at radius 2 is 1.92 bits per heavy atom. The second kappa shape index (κ2) is 7.82. The zero-order valence-electron chi connectivity index (χ0n) is 14.5. The van der Waals surface area contributed by atoms with E-state index in [0.29, 0.717) is 42.0 Å². The summed E-state index contributed by atoms with van der Waals surface area (Å²) in [6.07, 6.45) is 1.12. The first-order chi connectivity index (χ1) is 12.6. The van der Waals surface area contributed by atoms with Crippen molar-refractivity contribution in [2.24, 2.45) is 0 Å². The predicted octanol–water partition coefficient (Wildman–Crippen LogP) is 2.58. The molecule has 0 spiro atoms. The highest BCUT2D eigenvalue weighted by atomic mass is 16.5. The van der Waals surface area contributed by atoms with E-state index in [-0.39, 0.29) is 24.2 Å². The number of hydrogen-bond acceptors (Lipinski definition) is 4. The van der Waals surface area contributed by atoms with Gasteiger partial charge in [0.1, 0.15) is 5.75 Å². The lowest BCUT2D eigenvalue weighted by atomic mass is 10.1. The highest BCUT2D eigenvalue weighted by Gasteiger charge is 2.22. The van der Waals surface area contributed by atoms with Gasteiger partial charge in [-0.2, -0.15) is 0 Å². The van der Waals surface area contributed by atoms with Crippen molar-refractivity contribution in [3.63, 3.8) is 0 Å². The van der Waals surface area contributed by atoms with E-state index >= 15 is 0 Å². The molecule has 0 atom stereocenters. The van der Waals surface area contributed by atoms with Crippen LogP contribution in [0.3, 0.4) is 0 Å². The number of hydrogen-bond donors (Lipinski definition) is 2. The third-order valence-electron chi connectivity index (χ3n) is 4.14. The number of ether oxygens (including phenoxy) is 1. The topological polar surface area (TPSA) is 84.5 Å². The fraction of sp³-hybridized carbons (Fsp3) is 0.250. The van der Waals surface area contributed by atoms with E-state index in [4.69, 9.17) is 4.74 Å². The van der Waals surface area contributed by atoms with Crippen LogP contribution in [0, 0.1) is 0 Å². The van der Waals surface area contributed by atoms with Gasteiger partial charge in [0.15, 0.2) is 12.4 Å². The molecule has 2 N–H and O–H groups in total. The Bertz CT molecular complexity index is 861. The molecule has 6 nitrogen and oxygen atoms in total. The summed E-state index contributed by atoms with van der Waals surface area (Å²) in [6.45, 7) is 2.21. The number of fused-ring (bicyclic) bond motifs is 1. The Kier molecular flexibility index (Phi) is 5.31. The van der Waals surface area contributed by atoms with Gasteiger partial charge in [0.05, 0.1) is 0 Å². The van der Waals surface area contributed by atoms with E-state index in [2.05, 4.69) is 10.6 Å². The average Bonchev–Trinajstić information content (AvgIpc) is 3.02. The summed E-state index contributed by atoms with van der Waals surface area (Å²) >= 11 is 0. The first-order valence-electron chi connectivity index (χ1n) is 8.54. The highest BCUT2D eigenvalue weighted by molar-refractivity contribution is 6.01. The van der Waals surface area contributed by atoms with Gasteiger partial charge in [-0.1, -0.05) is 18.2 Å². The molecule has 2 aromatic carbocycles. The first kappa shape index (κ1) is 17.7. The molecule has 2 amide bonds. The molecule has 0 radical (unpaired) electrons. The highest BCUT2D eigenvalue weighted by Crippen LogP contribution is 2.30. The molecule has 2 aromatic rings. The molecule has 6 heteroatoms. The molecule has 0 fully saturated rings. The summed E-state index contributed by atoms with van der Waals surface area (Å²) in [7, 11) is 0. The maximum Gasteiger partial charge on any atom is 0.262 e. The smallest absolute Gasteiger partial charge is 0.262 e. The van der Waals surface area contributed by atoms with Gasteiger partial charge in [-0.05, 0) is 37.6 Å². The Balaban J connectivity index is 1.61. The van der Waals surface area contributed by atoms with E-state index < -0.39 is 0 Å². The molecule has 3 rings (SSSR count). The van der Waals surface area contributed by atoms with Crippen LogP contribution in [-0.2, 0) is 11.2 Å². The molecular formula is C20H20N2O4. The SMILES string of the molecule is CCNC(=O)c1cccc(NC(=O)COc2cccc3c2CCC3=O)c1. The van der Waals surface area contributed by atoms with Gasteiger partial charge in [-0.3, -0.25) is 14.4 Å². The van der Waals surface area contributed by atoms with Gasteiger partial charge < -0.3 is 15.4 Å². The summed E-state index contributed by atoms with van der Waals surface area (Å²) in [4.78, 5) is 35.8. The fourth-order valence-electron chi connectivity index (χ4n) is 2.93. The summed E-state index contributed by atoms with van der Waals surface area (Å²) in [6, 6.07) is 12.0. The van der Waals surface area contributed by atoms with Crippen molar-refractivity contribution in [3.05, 3.63) is 59.2 Å². The molecule has 1 aliphatic rings. The van der Waals surface area contributed by atoms with Crippen LogP contribution in [0.1, 0.15) is 39.6 Å². The van der Waals surface area contributed by atoms with Crippen molar-refractivity contribution in [3.8, 4) is 5.75 Å². The number of carbonyl (C=O) groups excluding carboxylic acids is 3. The van der Waals surface area contributed by atoms with Crippen LogP contribution in [0.5, 0.6) is 5.75 Å². The summed E-state index contributed by atoms with van der Waals surface area (Å²) in [5.74, 6) is 0.154. The van der Waals surface area contributed by atoms with Crippen molar-refractivity contribution in [1.82, 2.24) is 5.32 Å². The fourth-order valence-corrected chi connectivity index (χ4v) is 2.93. The lowest BCUT2D eigenvalue weighted by molar-refractivity contribution is -0.118. The quantitative estimate of drug-likeness (QED) is 0.837. The number of Topliss-reactive ketones (excluding diaryl/α,β-unsaturated/α-hetero) is 1. The van der Waals surface area contributed by atoms with E-state index in [1.54, 1.807) is 42.5 Å². The predicted molar refractivity (Wildman–Crippen MR) is 97.7 cm³/mol. The van der Waals surface area contributed by atoms with E-state index in [1.165, 1.54) is 0 Å². The van der Waals surface area contributed by atoms with Crippen molar-refractivity contribution in [2.75, 3.05) is 18.5 Å². The van der Waals surface area contributed by atoms with Crippen LogP contribution in [0.4, 0.5) is 5.69 Å². The number of ketones is 1. The summed E-state index contributed by atoms with van der Waals surface area (Å²) < 4.78 is 5.60. The van der Waals surface area contributed by atoms with Gasteiger partial charge in [-0.25, -0.2) is 0 Å². The first-order valence-corrected chi connectivity index (χ1v) is 8.54. The monoisotopic (exact) mass is 352 g/mol. The number of rotatable bonds is 6. The number of anilines is 1. The molecule has 0 bridgehead atoms. The molecule has 134 valence electrons. The number of amides is 2. The molecule has 0 saturated heterocycles. The largest absolute Gasteiger partial charge is 0.483 e. The van der Waals surface area contributed by atoms with Gasteiger partial charge in [0.2, 0.25) is 0 Å². The van der Waals surface area contributed by atoms with Gasteiger partial charge in [-0.15, -0.1) is 0 Å². The van der Waals surface area contributed by atoms with Crippen LogP contribution in [0.2, 0.25) is 0 Å². The molecule has 0 saturated carbocycles. The van der Waals surface area contributed by atoms with E-state index in [0.717, 1.165) is 5.56 Å². The summed E-state index contributed by atoms with van der Waals surface area (Å²) in [5, 5.41) is 5.43. The van der Waals surface area contributed by atoms with E-state index in [1.807, 2.05) is 6.92 Å². The third kappa shape index (κ3) is 3.91. The Labute approximate surface area is 151 Å². The zero-order valence-corrected chi connectivity index (χ0v) is 14.5. The van der Waals surface area contributed by atoms with Crippen LogP contribution in [-0.4, -0.2) is 30.7 Å². The van der Waals surface area contributed by atoms with E-state index in [9.17, 15) is 14.4 Å². The standard InChI is InChI=1S/C20H20N2O4/c1-2-21-20(25)13-5-3-6-14(11-13)22-19(24)12-26-18-8-4-7-15-16(18)9-10-17(15)23/h3-8,11H,2,9-10,12H2,1H3,(H,21,25)(H,22,24). The second-order valence-corrected chi connectivity index (χ2v) is 5.98. The van der Waals surface area contributed by atoms with Gasteiger partial charge in [0, 0.05) is 35.3 Å². The third-order valence-corrected chi connectivity index (χ3v) is 4.14. The zero-order chi connectivity index (χ0) is 18.5. The van der Waals surface area contributed by atoms with Crippen LogP contribution in [0.15, 0.2) is 42.5 Å². The van der Waals surface area contributed by atoms with Crippen molar-refractivity contribution in [1.29, 1.82) is 0 Å². The van der Waals surface area contributed by atoms with Gasteiger partial charge in [0.25, 0.3) is 11.8 Å². The Hall–Kier alpha value is -3.15. The Morgan fingerprint density at radius 3 is 2.73 bits per heavy atom. The van der Waals surface area contributed by atoms with Crippen molar-refractivity contribution in [2.45, 2.75) is 19.8 Å². The Morgan fingerprint density at radius 1 is 1.12 bits per heavy atom. The minimum absolute atomic E-state index is 0.108. The number of carbonyl (C=O) groups is 3. The van der Waals surface area contributed by atoms with Crippen LogP contribution >= 0.6 is 0 Å². The minimum atomic E-state index is -0.333. The second-order valence-electron chi connectivity index (χ2n) is 5.98. The maximum atomic E-state index is 12.2. The minimum Gasteiger partial charge on any atom is -0.483 e. The molecule has 26 heavy (non-hydrogen) atoms. The van der Waals surface area contributed by atoms with Crippen molar-refractivity contribution < 1.29 is 19.1 Å². The number of benzene rings is 2. The van der Waals surface area contributed by atoms with Gasteiger partial charge >= 0.3 is 0 Å². The molecule has 1 aliphatic carbocycles. The average molecular weight is 352 g/mol. The van der Waals surface area contributed by atoms with Crippen molar-refractivity contribution >= 4 is 23.3 Å². The van der Waals surface area contributed by atoms with Crippen LogP contribution < -0.4 is 15.4 Å². The lowest BCUT2D eigenvalue weighted by Gasteiger charge is -2.11. The number of nitrogens with one attached hydrogen (secondary N) is 2.